The standard InChI is InChI=1S/C15H20NO2/c17-15(16-14-10-6-1-2-7-11-14)18-12-13-8-4-3-5-9-13/h3-5,8-9,14H,1-2,6-7,10-12H2. The van der Waals surface area contributed by atoms with Gasteiger partial charge in [-0.2, -0.15) is 0 Å². The van der Waals surface area contributed by atoms with E-state index in [0.29, 0.717) is 6.61 Å². The van der Waals surface area contributed by atoms with Crippen molar-refractivity contribution in [2.45, 2.75) is 51.2 Å². The highest BCUT2D eigenvalue weighted by Crippen LogP contribution is 2.18. The molecule has 1 aromatic carbocycles. The molecule has 3 heteroatoms. The second kappa shape index (κ2) is 7.04. The monoisotopic (exact) mass is 246 g/mol. The van der Waals surface area contributed by atoms with Gasteiger partial charge in [-0.1, -0.05) is 56.0 Å². The maximum Gasteiger partial charge on any atom is 0.429 e. The lowest BCUT2D eigenvalue weighted by Crippen LogP contribution is -2.27. The van der Waals surface area contributed by atoms with Gasteiger partial charge in [-0.25, -0.2) is 10.1 Å². The number of rotatable bonds is 3. The predicted molar refractivity (Wildman–Crippen MR) is 70.3 cm³/mol. The molecule has 0 heterocycles. The summed E-state index contributed by atoms with van der Waals surface area (Å²) in [4.78, 5) is 11.6. The molecule has 0 unspecified atom stereocenters. The van der Waals surface area contributed by atoms with Crippen LogP contribution in [0.15, 0.2) is 30.3 Å². The summed E-state index contributed by atoms with van der Waals surface area (Å²) in [6.45, 7) is 0.315. The second-order valence-electron chi connectivity index (χ2n) is 4.81. The molecule has 0 atom stereocenters. The van der Waals surface area contributed by atoms with E-state index in [2.05, 4.69) is 5.32 Å². The summed E-state index contributed by atoms with van der Waals surface area (Å²) in [6.07, 6.45) is 6.54. The van der Waals surface area contributed by atoms with E-state index >= 15 is 0 Å². The van der Waals surface area contributed by atoms with Crippen molar-refractivity contribution < 1.29 is 9.53 Å². The Kier molecular flexibility index (Phi) is 5.06. The van der Waals surface area contributed by atoms with E-state index in [0.717, 1.165) is 18.4 Å². The van der Waals surface area contributed by atoms with E-state index in [4.69, 9.17) is 4.74 Å². The van der Waals surface area contributed by atoms with Gasteiger partial charge >= 0.3 is 6.09 Å². The molecule has 3 nitrogen and oxygen atoms in total. The van der Waals surface area contributed by atoms with Crippen molar-refractivity contribution in [1.82, 2.24) is 5.32 Å². The van der Waals surface area contributed by atoms with Crippen molar-refractivity contribution in [3.63, 3.8) is 0 Å². The van der Waals surface area contributed by atoms with E-state index in [-0.39, 0.29) is 6.04 Å². The highest BCUT2D eigenvalue weighted by molar-refractivity contribution is 5.67. The summed E-state index contributed by atoms with van der Waals surface area (Å²) in [5.41, 5.74) is 1.00. The summed E-state index contributed by atoms with van der Waals surface area (Å²) in [5.74, 6) is 0. The van der Waals surface area contributed by atoms with Crippen LogP contribution >= 0.6 is 0 Å². The fourth-order valence-electron chi connectivity index (χ4n) is 2.29. The molecular formula is C15H20NO2. The molecule has 0 spiro atoms. The van der Waals surface area contributed by atoms with Crippen molar-refractivity contribution >= 4 is 6.09 Å². The van der Waals surface area contributed by atoms with Crippen LogP contribution in [0.4, 0.5) is 4.79 Å². The molecule has 1 radical (unpaired) electrons. The molecule has 18 heavy (non-hydrogen) atoms. The quantitative estimate of drug-likeness (QED) is 0.764. The zero-order chi connectivity index (χ0) is 12.6. The van der Waals surface area contributed by atoms with Crippen LogP contribution in [-0.2, 0) is 11.3 Å². The summed E-state index contributed by atoms with van der Waals surface area (Å²) in [6, 6.07) is 9.88. The van der Waals surface area contributed by atoms with Crippen LogP contribution in [0.2, 0.25) is 0 Å². The van der Waals surface area contributed by atoms with Gasteiger partial charge in [-0.05, 0) is 18.4 Å². The first kappa shape index (κ1) is 12.9. The van der Waals surface area contributed by atoms with Gasteiger partial charge in [0.2, 0.25) is 0 Å². The van der Waals surface area contributed by atoms with Crippen LogP contribution in [0, 0.1) is 0 Å². The Hall–Kier alpha value is -1.51. The van der Waals surface area contributed by atoms with Gasteiger partial charge in [0.1, 0.15) is 6.61 Å². The third-order valence-electron chi connectivity index (χ3n) is 3.32. The zero-order valence-corrected chi connectivity index (χ0v) is 10.7. The molecule has 0 bridgehead atoms. The lowest BCUT2D eigenvalue weighted by atomic mass is 10.1. The Morgan fingerprint density at radius 1 is 1.11 bits per heavy atom. The fourth-order valence-corrected chi connectivity index (χ4v) is 2.29. The minimum atomic E-state index is -0.411. The first-order chi connectivity index (χ1) is 8.84. The molecule has 1 amide bonds. The molecular weight excluding hydrogens is 226 g/mol. The molecule has 1 aromatic rings. The smallest absolute Gasteiger partial charge is 0.429 e. The Bertz CT molecular complexity index is 356. The lowest BCUT2D eigenvalue weighted by molar-refractivity contribution is 0.133. The van der Waals surface area contributed by atoms with Crippen molar-refractivity contribution in [3.8, 4) is 0 Å². The van der Waals surface area contributed by atoms with Crippen LogP contribution in [0.1, 0.15) is 44.1 Å². The van der Waals surface area contributed by atoms with Gasteiger partial charge in [-0.3, -0.25) is 0 Å². The van der Waals surface area contributed by atoms with Gasteiger partial charge < -0.3 is 4.74 Å². The van der Waals surface area contributed by atoms with E-state index in [9.17, 15) is 4.79 Å². The number of nitrogens with zero attached hydrogens (tertiary/aromatic N) is 1. The van der Waals surface area contributed by atoms with Crippen molar-refractivity contribution in [3.05, 3.63) is 35.9 Å². The van der Waals surface area contributed by atoms with Crippen LogP contribution in [0.5, 0.6) is 0 Å². The van der Waals surface area contributed by atoms with Crippen molar-refractivity contribution in [2.75, 3.05) is 0 Å². The molecule has 2 rings (SSSR count). The number of carbonyl (C=O) groups is 1. The average molecular weight is 246 g/mol. The Morgan fingerprint density at radius 3 is 2.44 bits per heavy atom. The largest absolute Gasteiger partial charge is 0.443 e. The first-order valence-electron chi connectivity index (χ1n) is 6.76. The molecule has 97 valence electrons. The van der Waals surface area contributed by atoms with E-state index in [1.807, 2.05) is 30.3 Å². The van der Waals surface area contributed by atoms with Gasteiger partial charge in [-0.15, -0.1) is 0 Å². The molecule has 0 saturated heterocycles. The average Bonchev–Trinajstić information content (AvgIpc) is 2.66. The van der Waals surface area contributed by atoms with Gasteiger partial charge in [0, 0.05) is 0 Å². The highest BCUT2D eigenvalue weighted by atomic mass is 16.5. The molecule has 1 fully saturated rings. The fraction of sp³-hybridized carbons (Fsp3) is 0.533. The SMILES string of the molecule is O=C([N]C1CCCCCC1)OCc1ccccc1. The van der Waals surface area contributed by atoms with Crippen molar-refractivity contribution in [2.24, 2.45) is 0 Å². The third kappa shape index (κ3) is 4.40. The third-order valence-corrected chi connectivity index (χ3v) is 3.32. The Morgan fingerprint density at radius 2 is 1.78 bits per heavy atom. The molecule has 1 aliphatic rings. The number of carbonyl (C=O) groups excluding carboxylic acids is 1. The summed E-state index contributed by atoms with van der Waals surface area (Å²) < 4.78 is 5.17. The minimum Gasteiger partial charge on any atom is -0.443 e. The van der Waals surface area contributed by atoms with Crippen LogP contribution in [0.3, 0.4) is 0 Å². The van der Waals surface area contributed by atoms with Crippen LogP contribution in [-0.4, -0.2) is 12.1 Å². The lowest BCUT2D eigenvalue weighted by Gasteiger charge is -2.13. The highest BCUT2D eigenvalue weighted by Gasteiger charge is 2.17. The predicted octanol–water partition coefficient (Wildman–Crippen LogP) is 3.65. The van der Waals surface area contributed by atoms with Gasteiger partial charge in [0.15, 0.2) is 0 Å². The summed E-state index contributed by atoms with van der Waals surface area (Å²) >= 11 is 0. The maximum absolute atomic E-state index is 11.6. The van der Waals surface area contributed by atoms with E-state index in [1.54, 1.807) is 0 Å². The molecule has 1 aliphatic carbocycles. The van der Waals surface area contributed by atoms with Gasteiger partial charge in [0.25, 0.3) is 0 Å². The molecule has 1 saturated carbocycles. The minimum absolute atomic E-state index is 0.177. The number of hydrogen-bond acceptors (Lipinski definition) is 2. The maximum atomic E-state index is 11.6. The van der Waals surface area contributed by atoms with Crippen LogP contribution in [0.25, 0.3) is 0 Å². The van der Waals surface area contributed by atoms with Gasteiger partial charge in [0.05, 0.1) is 6.04 Å². The Balaban J connectivity index is 1.71. The van der Waals surface area contributed by atoms with Crippen LogP contribution < -0.4 is 5.32 Å². The number of amides is 1. The molecule has 0 aromatic heterocycles. The zero-order valence-electron chi connectivity index (χ0n) is 10.7. The normalized spacial score (nSPS) is 16.9. The van der Waals surface area contributed by atoms with E-state index in [1.165, 1.54) is 25.7 Å². The topological polar surface area (TPSA) is 40.4 Å². The Labute approximate surface area is 109 Å². The summed E-state index contributed by atoms with van der Waals surface area (Å²) in [7, 11) is 0. The molecule has 0 N–H and O–H groups in total. The second-order valence-corrected chi connectivity index (χ2v) is 4.81. The number of hydrogen-bond donors (Lipinski definition) is 0. The van der Waals surface area contributed by atoms with E-state index < -0.39 is 6.09 Å². The first-order valence-corrected chi connectivity index (χ1v) is 6.76. The van der Waals surface area contributed by atoms with Crippen molar-refractivity contribution in [1.29, 1.82) is 0 Å². The number of ether oxygens (including phenoxy) is 1. The molecule has 0 aliphatic heterocycles. The summed E-state index contributed by atoms with van der Waals surface area (Å²) in [5, 5.41) is 4.15. The number of benzene rings is 1.